The molecule has 100 valence electrons. The lowest BCUT2D eigenvalue weighted by atomic mass is 10.2. The predicted molar refractivity (Wildman–Crippen MR) is 66.7 cm³/mol. The molecule has 1 atom stereocenters. The van der Waals surface area contributed by atoms with Crippen molar-refractivity contribution in [1.29, 1.82) is 0 Å². The minimum Gasteiger partial charge on any atom is -0.376 e. The first kappa shape index (κ1) is 12.8. The van der Waals surface area contributed by atoms with Crippen LogP contribution in [0.2, 0.25) is 0 Å². The second kappa shape index (κ2) is 5.34. The Hall–Kier alpha value is -1.63. The number of nitro groups is 1. The lowest BCUT2D eigenvalue weighted by molar-refractivity contribution is -0.384. The summed E-state index contributed by atoms with van der Waals surface area (Å²) in [7, 11) is 0. The first-order valence-electron chi connectivity index (χ1n) is 6.17. The van der Waals surface area contributed by atoms with Crippen LogP contribution in [0.15, 0.2) is 6.20 Å². The van der Waals surface area contributed by atoms with Crippen molar-refractivity contribution in [1.82, 2.24) is 9.78 Å². The summed E-state index contributed by atoms with van der Waals surface area (Å²) in [5, 5.41) is 18.1. The quantitative estimate of drug-likeness (QED) is 0.641. The van der Waals surface area contributed by atoms with Crippen LogP contribution in [0.5, 0.6) is 0 Å². The van der Waals surface area contributed by atoms with Crippen molar-refractivity contribution >= 4 is 11.5 Å². The summed E-state index contributed by atoms with van der Waals surface area (Å²) < 4.78 is 7.06. The van der Waals surface area contributed by atoms with E-state index in [2.05, 4.69) is 10.4 Å². The number of nitrogens with zero attached hydrogens (tertiary/aromatic N) is 3. The molecule has 0 aliphatic carbocycles. The maximum Gasteiger partial charge on any atom is 0.330 e. The fourth-order valence-electron chi connectivity index (χ4n) is 1.92. The molecule has 1 N–H and O–H groups in total. The van der Waals surface area contributed by atoms with Gasteiger partial charge in [0.2, 0.25) is 5.82 Å². The first-order chi connectivity index (χ1) is 8.58. The predicted octanol–water partition coefficient (Wildman–Crippen LogP) is 1.96. The molecule has 18 heavy (non-hydrogen) atoms. The van der Waals surface area contributed by atoms with Crippen molar-refractivity contribution < 1.29 is 9.66 Å². The van der Waals surface area contributed by atoms with Crippen LogP contribution in [-0.4, -0.2) is 34.0 Å². The normalized spacial score (nSPS) is 19.4. The minimum absolute atomic E-state index is 0.0155. The molecule has 1 aromatic rings. The van der Waals surface area contributed by atoms with E-state index >= 15 is 0 Å². The van der Waals surface area contributed by atoms with Crippen LogP contribution in [0.25, 0.3) is 0 Å². The highest BCUT2D eigenvalue weighted by atomic mass is 16.6. The van der Waals surface area contributed by atoms with Crippen molar-refractivity contribution in [3.8, 4) is 0 Å². The van der Waals surface area contributed by atoms with Crippen LogP contribution in [0, 0.1) is 10.1 Å². The Morgan fingerprint density at radius 3 is 3.06 bits per heavy atom. The number of rotatable bonds is 5. The summed E-state index contributed by atoms with van der Waals surface area (Å²) in [4.78, 5) is 10.5. The van der Waals surface area contributed by atoms with E-state index < -0.39 is 4.92 Å². The Labute approximate surface area is 105 Å². The highest BCUT2D eigenvalue weighted by molar-refractivity contribution is 5.54. The second-order valence-electron chi connectivity index (χ2n) is 4.71. The highest BCUT2D eigenvalue weighted by Gasteiger charge is 2.22. The van der Waals surface area contributed by atoms with Crippen molar-refractivity contribution in [2.45, 2.75) is 38.8 Å². The van der Waals surface area contributed by atoms with Gasteiger partial charge in [-0.05, 0) is 26.7 Å². The zero-order chi connectivity index (χ0) is 13.1. The molecule has 1 aliphatic rings. The van der Waals surface area contributed by atoms with Crippen molar-refractivity contribution in [3.63, 3.8) is 0 Å². The zero-order valence-electron chi connectivity index (χ0n) is 10.6. The Morgan fingerprint density at radius 2 is 2.50 bits per heavy atom. The van der Waals surface area contributed by atoms with E-state index in [1.54, 1.807) is 4.68 Å². The van der Waals surface area contributed by atoms with Crippen LogP contribution in [0.1, 0.15) is 32.7 Å². The molecule has 1 fully saturated rings. The maximum absolute atomic E-state index is 10.9. The van der Waals surface area contributed by atoms with Crippen molar-refractivity contribution in [2.24, 2.45) is 0 Å². The number of ether oxygens (including phenoxy) is 1. The molecular formula is C11H18N4O3. The third kappa shape index (κ3) is 2.79. The van der Waals surface area contributed by atoms with Gasteiger partial charge in [-0.1, -0.05) is 0 Å². The molecule has 0 spiro atoms. The molecule has 7 heteroatoms. The van der Waals surface area contributed by atoms with Crippen LogP contribution in [0.4, 0.5) is 11.5 Å². The summed E-state index contributed by atoms with van der Waals surface area (Å²) in [5.74, 6) is 0.323. The number of hydrogen-bond donors (Lipinski definition) is 1. The van der Waals surface area contributed by atoms with Crippen molar-refractivity contribution in [3.05, 3.63) is 16.3 Å². The number of aromatic nitrogens is 2. The van der Waals surface area contributed by atoms with Gasteiger partial charge >= 0.3 is 5.69 Å². The molecular weight excluding hydrogens is 236 g/mol. The smallest absolute Gasteiger partial charge is 0.330 e. The molecule has 0 radical (unpaired) electrons. The van der Waals surface area contributed by atoms with Gasteiger partial charge in [0, 0.05) is 19.2 Å². The van der Waals surface area contributed by atoms with Gasteiger partial charge in [-0.3, -0.25) is 14.8 Å². The Bertz CT molecular complexity index is 424. The standard InChI is InChI=1S/C11H18N4O3/c1-8(2)14-7-10(15(16)17)11(13-14)12-6-9-4-3-5-18-9/h7-9H,3-6H2,1-2H3,(H,12,13)/t9-/m1/s1. The molecule has 0 unspecified atom stereocenters. The Morgan fingerprint density at radius 1 is 1.72 bits per heavy atom. The third-order valence-electron chi connectivity index (χ3n) is 2.96. The van der Waals surface area contributed by atoms with Gasteiger partial charge in [-0.25, -0.2) is 0 Å². The van der Waals surface area contributed by atoms with Crippen LogP contribution < -0.4 is 5.32 Å². The summed E-state index contributed by atoms with van der Waals surface area (Å²) in [6, 6.07) is 0.0991. The molecule has 1 saturated heterocycles. The topological polar surface area (TPSA) is 82.2 Å². The third-order valence-corrected chi connectivity index (χ3v) is 2.96. The lowest BCUT2D eigenvalue weighted by Gasteiger charge is -2.09. The largest absolute Gasteiger partial charge is 0.376 e. The summed E-state index contributed by atoms with van der Waals surface area (Å²) in [5.41, 5.74) is 0.0155. The van der Waals surface area contributed by atoms with Gasteiger partial charge < -0.3 is 10.1 Å². The number of nitrogens with one attached hydrogen (secondary N) is 1. The Kier molecular flexibility index (Phi) is 3.81. The van der Waals surface area contributed by atoms with E-state index in [1.165, 1.54) is 6.20 Å². The van der Waals surface area contributed by atoms with E-state index in [0.717, 1.165) is 19.4 Å². The Balaban J connectivity index is 2.07. The maximum atomic E-state index is 10.9. The van der Waals surface area contributed by atoms with Gasteiger partial charge in [0.1, 0.15) is 6.20 Å². The van der Waals surface area contributed by atoms with Gasteiger partial charge in [0.15, 0.2) is 0 Å². The fourth-order valence-corrected chi connectivity index (χ4v) is 1.92. The van der Waals surface area contributed by atoms with Crippen LogP contribution in [-0.2, 0) is 4.74 Å². The molecule has 2 heterocycles. The fraction of sp³-hybridized carbons (Fsp3) is 0.727. The van der Waals surface area contributed by atoms with E-state index in [4.69, 9.17) is 4.74 Å². The van der Waals surface area contributed by atoms with Gasteiger partial charge in [-0.15, -0.1) is 5.10 Å². The number of hydrogen-bond acceptors (Lipinski definition) is 5. The molecule has 1 aromatic heterocycles. The minimum atomic E-state index is -0.413. The lowest BCUT2D eigenvalue weighted by Crippen LogP contribution is -2.19. The van der Waals surface area contributed by atoms with Crippen molar-refractivity contribution in [2.75, 3.05) is 18.5 Å². The van der Waals surface area contributed by atoms with Crippen LogP contribution >= 0.6 is 0 Å². The summed E-state index contributed by atoms with van der Waals surface area (Å²) in [6.07, 6.45) is 3.64. The molecule has 2 rings (SSSR count). The monoisotopic (exact) mass is 254 g/mol. The van der Waals surface area contributed by atoms with Crippen LogP contribution in [0.3, 0.4) is 0 Å². The SMILES string of the molecule is CC(C)n1cc([N+](=O)[O-])c(NC[C@H]2CCCO2)n1. The van der Waals surface area contributed by atoms with E-state index in [1.807, 2.05) is 13.8 Å². The molecule has 0 amide bonds. The zero-order valence-corrected chi connectivity index (χ0v) is 10.6. The second-order valence-corrected chi connectivity index (χ2v) is 4.71. The van der Waals surface area contributed by atoms with E-state index in [9.17, 15) is 10.1 Å². The van der Waals surface area contributed by atoms with E-state index in [0.29, 0.717) is 12.4 Å². The molecule has 0 saturated carbocycles. The average molecular weight is 254 g/mol. The first-order valence-corrected chi connectivity index (χ1v) is 6.17. The highest BCUT2D eigenvalue weighted by Crippen LogP contribution is 2.24. The summed E-state index contributed by atoms with van der Waals surface area (Å²) >= 11 is 0. The van der Waals surface area contributed by atoms with E-state index in [-0.39, 0.29) is 17.8 Å². The molecule has 7 nitrogen and oxygen atoms in total. The van der Waals surface area contributed by atoms with Gasteiger partial charge in [-0.2, -0.15) is 0 Å². The summed E-state index contributed by atoms with van der Waals surface area (Å²) in [6.45, 7) is 5.20. The molecule has 1 aliphatic heterocycles. The van der Waals surface area contributed by atoms with Gasteiger partial charge in [0.05, 0.1) is 11.0 Å². The van der Waals surface area contributed by atoms with Gasteiger partial charge in [0.25, 0.3) is 0 Å². The average Bonchev–Trinajstić information content (AvgIpc) is 2.95. The number of anilines is 1. The molecule has 0 aromatic carbocycles. The molecule has 0 bridgehead atoms.